The second-order valence-corrected chi connectivity index (χ2v) is 6.03. The number of amides is 2. The van der Waals surface area contributed by atoms with Crippen molar-refractivity contribution >= 4 is 11.8 Å². The normalized spacial score (nSPS) is 15.0. The van der Waals surface area contributed by atoms with Gasteiger partial charge in [-0.1, -0.05) is 18.2 Å². The van der Waals surface area contributed by atoms with E-state index in [4.69, 9.17) is 0 Å². The number of likely N-dealkylation sites (tertiary alicyclic amines) is 1. The van der Waals surface area contributed by atoms with E-state index in [1.165, 1.54) is 4.90 Å². The number of benzene rings is 2. The van der Waals surface area contributed by atoms with Crippen molar-refractivity contribution in [3.63, 3.8) is 0 Å². The Hall–Kier alpha value is -2.76. The first-order valence-corrected chi connectivity index (χ1v) is 8.15. The SMILES string of the molecule is O=C(NC1CCN(C(=O)c2ccc(F)cc2F)CC1)c1ccccc1. The summed E-state index contributed by atoms with van der Waals surface area (Å²) in [7, 11) is 0. The molecule has 6 heteroatoms. The molecule has 2 aromatic carbocycles. The fourth-order valence-corrected chi connectivity index (χ4v) is 2.92. The first-order chi connectivity index (χ1) is 12.0. The summed E-state index contributed by atoms with van der Waals surface area (Å²) in [6, 6.07) is 11.8. The molecule has 0 saturated carbocycles. The van der Waals surface area contributed by atoms with Gasteiger partial charge in [0.15, 0.2) is 0 Å². The third-order valence-electron chi connectivity index (χ3n) is 4.31. The molecule has 0 unspecified atom stereocenters. The van der Waals surface area contributed by atoms with Crippen LogP contribution in [0, 0.1) is 11.6 Å². The third-order valence-corrected chi connectivity index (χ3v) is 4.31. The van der Waals surface area contributed by atoms with Gasteiger partial charge in [-0.05, 0) is 37.1 Å². The Morgan fingerprint density at radius 2 is 1.68 bits per heavy atom. The van der Waals surface area contributed by atoms with Gasteiger partial charge in [-0.25, -0.2) is 8.78 Å². The van der Waals surface area contributed by atoms with E-state index >= 15 is 0 Å². The third kappa shape index (κ3) is 4.02. The molecule has 1 N–H and O–H groups in total. The van der Waals surface area contributed by atoms with Gasteiger partial charge in [-0.15, -0.1) is 0 Å². The molecule has 1 aliphatic heterocycles. The average molecular weight is 344 g/mol. The summed E-state index contributed by atoms with van der Waals surface area (Å²) in [6.45, 7) is 0.824. The molecule has 25 heavy (non-hydrogen) atoms. The van der Waals surface area contributed by atoms with Crippen molar-refractivity contribution < 1.29 is 18.4 Å². The Kier molecular flexibility index (Phi) is 5.07. The van der Waals surface area contributed by atoms with Gasteiger partial charge in [0.2, 0.25) is 0 Å². The summed E-state index contributed by atoms with van der Waals surface area (Å²) in [5.41, 5.74) is 0.461. The summed E-state index contributed by atoms with van der Waals surface area (Å²) in [5.74, 6) is -2.17. The highest BCUT2D eigenvalue weighted by atomic mass is 19.1. The van der Waals surface area contributed by atoms with E-state index in [1.54, 1.807) is 24.3 Å². The zero-order valence-corrected chi connectivity index (χ0v) is 13.5. The van der Waals surface area contributed by atoms with Crippen molar-refractivity contribution in [1.82, 2.24) is 10.2 Å². The number of halogens is 2. The highest BCUT2D eigenvalue weighted by molar-refractivity contribution is 5.95. The van der Waals surface area contributed by atoms with E-state index < -0.39 is 17.5 Å². The van der Waals surface area contributed by atoms with E-state index in [0.29, 0.717) is 37.6 Å². The lowest BCUT2D eigenvalue weighted by Gasteiger charge is -2.32. The van der Waals surface area contributed by atoms with Gasteiger partial charge >= 0.3 is 0 Å². The average Bonchev–Trinajstić information content (AvgIpc) is 2.62. The minimum absolute atomic E-state index is 0.0326. The lowest BCUT2D eigenvalue weighted by atomic mass is 10.0. The molecule has 130 valence electrons. The Morgan fingerprint density at radius 1 is 1.00 bits per heavy atom. The number of nitrogens with zero attached hydrogens (tertiary/aromatic N) is 1. The van der Waals surface area contributed by atoms with Crippen LogP contribution in [0.25, 0.3) is 0 Å². The van der Waals surface area contributed by atoms with Crippen LogP contribution in [0.3, 0.4) is 0 Å². The van der Waals surface area contributed by atoms with Crippen molar-refractivity contribution in [3.05, 3.63) is 71.3 Å². The fourth-order valence-electron chi connectivity index (χ4n) is 2.92. The van der Waals surface area contributed by atoms with E-state index in [9.17, 15) is 18.4 Å². The van der Waals surface area contributed by atoms with Crippen molar-refractivity contribution in [2.75, 3.05) is 13.1 Å². The van der Waals surface area contributed by atoms with Gasteiger partial charge in [0.25, 0.3) is 11.8 Å². The van der Waals surface area contributed by atoms with Crippen LogP contribution < -0.4 is 5.32 Å². The van der Waals surface area contributed by atoms with E-state index in [2.05, 4.69) is 5.32 Å². The molecule has 1 saturated heterocycles. The molecule has 0 radical (unpaired) electrons. The van der Waals surface area contributed by atoms with Gasteiger partial charge < -0.3 is 10.2 Å². The lowest BCUT2D eigenvalue weighted by molar-refractivity contribution is 0.0693. The van der Waals surface area contributed by atoms with Crippen LogP contribution in [-0.4, -0.2) is 35.8 Å². The number of carbonyl (C=O) groups excluding carboxylic acids is 2. The quantitative estimate of drug-likeness (QED) is 0.931. The molecule has 0 aliphatic carbocycles. The zero-order chi connectivity index (χ0) is 17.8. The van der Waals surface area contributed by atoms with Crippen LogP contribution in [0.1, 0.15) is 33.6 Å². The predicted molar refractivity (Wildman–Crippen MR) is 89.2 cm³/mol. The van der Waals surface area contributed by atoms with Gasteiger partial charge in [-0.2, -0.15) is 0 Å². The van der Waals surface area contributed by atoms with Crippen LogP contribution in [0.4, 0.5) is 8.78 Å². The number of nitrogens with one attached hydrogen (secondary N) is 1. The molecule has 1 aliphatic rings. The minimum Gasteiger partial charge on any atom is -0.349 e. The molecule has 0 spiro atoms. The molecular weight excluding hydrogens is 326 g/mol. The highest BCUT2D eigenvalue weighted by Crippen LogP contribution is 2.17. The molecule has 4 nitrogen and oxygen atoms in total. The molecule has 1 fully saturated rings. The molecular formula is C19H18F2N2O2. The summed E-state index contributed by atoms with van der Waals surface area (Å²) >= 11 is 0. The summed E-state index contributed by atoms with van der Waals surface area (Å²) < 4.78 is 26.7. The van der Waals surface area contributed by atoms with Crippen molar-refractivity contribution in [2.45, 2.75) is 18.9 Å². The van der Waals surface area contributed by atoms with Crippen molar-refractivity contribution in [2.24, 2.45) is 0 Å². The number of hydrogen-bond acceptors (Lipinski definition) is 2. The van der Waals surface area contributed by atoms with Crippen LogP contribution in [0.2, 0.25) is 0 Å². The van der Waals surface area contributed by atoms with Gasteiger partial charge in [0.1, 0.15) is 11.6 Å². The number of carbonyl (C=O) groups is 2. The summed E-state index contributed by atoms with van der Waals surface area (Å²) in [6.07, 6.45) is 1.18. The summed E-state index contributed by atoms with van der Waals surface area (Å²) in [4.78, 5) is 26.0. The number of rotatable bonds is 3. The Labute approximate surface area is 144 Å². The molecule has 3 rings (SSSR count). The Bertz CT molecular complexity index is 772. The van der Waals surface area contributed by atoms with Gasteiger partial charge in [-0.3, -0.25) is 9.59 Å². The number of piperidine rings is 1. The minimum atomic E-state index is -0.857. The zero-order valence-electron chi connectivity index (χ0n) is 13.5. The van der Waals surface area contributed by atoms with E-state index in [0.717, 1.165) is 12.1 Å². The Morgan fingerprint density at radius 3 is 2.32 bits per heavy atom. The lowest BCUT2D eigenvalue weighted by Crippen LogP contribution is -2.46. The number of hydrogen-bond donors (Lipinski definition) is 1. The maximum Gasteiger partial charge on any atom is 0.256 e. The standard InChI is InChI=1S/C19H18F2N2O2/c20-14-6-7-16(17(21)12-14)19(25)23-10-8-15(9-11-23)22-18(24)13-4-2-1-3-5-13/h1-7,12,15H,8-11H2,(H,22,24). The van der Waals surface area contributed by atoms with Crippen LogP contribution in [0.15, 0.2) is 48.5 Å². The van der Waals surface area contributed by atoms with Crippen LogP contribution >= 0.6 is 0 Å². The smallest absolute Gasteiger partial charge is 0.256 e. The first-order valence-electron chi connectivity index (χ1n) is 8.15. The summed E-state index contributed by atoms with van der Waals surface area (Å²) in [5, 5.41) is 2.95. The highest BCUT2D eigenvalue weighted by Gasteiger charge is 2.26. The van der Waals surface area contributed by atoms with Gasteiger partial charge in [0.05, 0.1) is 5.56 Å². The fraction of sp³-hybridized carbons (Fsp3) is 0.263. The van der Waals surface area contributed by atoms with Crippen LogP contribution in [0.5, 0.6) is 0 Å². The van der Waals surface area contributed by atoms with E-state index in [-0.39, 0.29) is 17.5 Å². The largest absolute Gasteiger partial charge is 0.349 e. The van der Waals surface area contributed by atoms with Crippen LogP contribution in [-0.2, 0) is 0 Å². The van der Waals surface area contributed by atoms with Gasteiger partial charge in [0, 0.05) is 30.8 Å². The molecule has 2 amide bonds. The molecule has 2 aromatic rings. The maximum absolute atomic E-state index is 13.7. The second-order valence-electron chi connectivity index (χ2n) is 6.03. The monoisotopic (exact) mass is 344 g/mol. The van der Waals surface area contributed by atoms with Crippen molar-refractivity contribution in [1.29, 1.82) is 0 Å². The topological polar surface area (TPSA) is 49.4 Å². The molecule has 1 heterocycles. The van der Waals surface area contributed by atoms with Crippen molar-refractivity contribution in [3.8, 4) is 0 Å². The Balaban J connectivity index is 1.56. The molecule has 0 bridgehead atoms. The first kappa shape index (κ1) is 17.1. The molecule has 0 aromatic heterocycles. The molecule has 0 atom stereocenters. The predicted octanol–water partition coefficient (Wildman–Crippen LogP) is 3.00. The second kappa shape index (κ2) is 7.42. The maximum atomic E-state index is 13.7. The van der Waals surface area contributed by atoms with E-state index in [1.807, 2.05) is 6.07 Å².